The summed E-state index contributed by atoms with van der Waals surface area (Å²) >= 11 is 0. The largest absolute Gasteiger partial charge is 0.363 e. The van der Waals surface area contributed by atoms with E-state index in [0.29, 0.717) is 11.5 Å². The summed E-state index contributed by atoms with van der Waals surface area (Å²) in [6.07, 6.45) is 0.742. The predicted molar refractivity (Wildman–Crippen MR) is 59.6 cm³/mol. The van der Waals surface area contributed by atoms with Crippen molar-refractivity contribution in [3.8, 4) is 0 Å². The molecule has 0 unspecified atom stereocenters. The van der Waals surface area contributed by atoms with Gasteiger partial charge in [0.05, 0.1) is 5.56 Å². The minimum absolute atomic E-state index is 0.0487. The lowest BCUT2D eigenvalue weighted by atomic mass is 10.2. The second-order valence-corrected chi connectivity index (χ2v) is 3.46. The van der Waals surface area contributed by atoms with Crippen molar-refractivity contribution in [2.75, 3.05) is 0 Å². The number of carbonyl (C=O) groups excluding carboxylic acids is 3. The molecule has 0 aliphatic carbocycles. The van der Waals surface area contributed by atoms with Crippen LogP contribution in [0.3, 0.4) is 0 Å². The van der Waals surface area contributed by atoms with E-state index in [0.717, 1.165) is 12.1 Å². The first kappa shape index (κ1) is 13.8. The van der Waals surface area contributed by atoms with E-state index in [9.17, 15) is 18.8 Å². The van der Waals surface area contributed by atoms with Crippen molar-refractivity contribution >= 4 is 18.3 Å². The van der Waals surface area contributed by atoms with E-state index in [1.165, 1.54) is 12.1 Å². The summed E-state index contributed by atoms with van der Waals surface area (Å²) in [6, 6.07) is 4.56. The molecule has 0 fully saturated rings. The predicted octanol–water partition coefficient (Wildman–Crippen LogP) is 1.68. The van der Waals surface area contributed by atoms with Crippen molar-refractivity contribution in [3.63, 3.8) is 0 Å². The van der Waals surface area contributed by atoms with Crippen LogP contribution >= 0.6 is 0 Å². The third-order valence-electron chi connectivity index (χ3n) is 2.07. The summed E-state index contributed by atoms with van der Waals surface area (Å²) in [6.45, 7) is 1.75. The molecule has 0 atom stereocenters. The van der Waals surface area contributed by atoms with Crippen molar-refractivity contribution in [2.45, 2.75) is 19.8 Å². The molecule has 18 heavy (non-hydrogen) atoms. The lowest BCUT2D eigenvalue weighted by Crippen LogP contribution is -2.32. The molecule has 0 bridgehead atoms. The standard InChI is InChI=1S/C12H12FNO4/c1-2-3-11(16)14(8-15)18-12(17)9-4-6-10(13)7-5-9/h4-8H,2-3H2,1H3. The summed E-state index contributed by atoms with van der Waals surface area (Å²) in [7, 11) is 0. The molecule has 0 spiro atoms. The highest BCUT2D eigenvalue weighted by molar-refractivity contribution is 5.92. The molecule has 0 saturated carbocycles. The van der Waals surface area contributed by atoms with E-state index in [-0.39, 0.29) is 18.4 Å². The Labute approximate surface area is 103 Å². The van der Waals surface area contributed by atoms with Crippen LogP contribution in [0.2, 0.25) is 0 Å². The molecule has 0 heterocycles. The van der Waals surface area contributed by atoms with Crippen LogP contribution < -0.4 is 0 Å². The fraction of sp³-hybridized carbons (Fsp3) is 0.250. The van der Waals surface area contributed by atoms with Crippen molar-refractivity contribution in [2.24, 2.45) is 0 Å². The zero-order valence-corrected chi connectivity index (χ0v) is 9.76. The number of rotatable bonds is 4. The zero-order chi connectivity index (χ0) is 13.5. The number of benzene rings is 1. The number of hydroxylamine groups is 2. The molecule has 0 aromatic heterocycles. The number of hydrogen-bond acceptors (Lipinski definition) is 4. The van der Waals surface area contributed by atoms with Crippen LogP contribution in [-0.4, -0.2) is 23.3 Å². The molecule has 1 aromatic rings. The van der Waals surface area contributed by atoms with E-state index in [2.05, 4.69) is 4.84 Å². The number of nitrogens with zero attached hydrogens (tertiary/aromatic N) is 1. The highest BCUT2D eigenvalue weighted by Gasteiger charge is 2.18. The number of halogens is 1. The Balaban J connectivity index is 2.70. The first-order chi connectivity index (χ1) is 8.58. The molecule has 96 valence electrons. The van der Waals surface area contributed by atoms with E-state index in [1.54, 1.807) is 6.92 Å². The summed E-state index contributed by atoms with van der Waals surface area (Å²) in [4.78, 5) is 38.1. The monoisotopic (exact) mass is 253 g/mol. The maximum Gasteiger partial charge on any atom is 0.363 e. The Morgan fingerprint density at radius 3 is 2.44 bits per heavy atom. The zero-order valence-electron chi connectivity index (χ0n) is 9.76. The van der Waals surface area contributed by atoms with Crippen LogP contribution in [0.15, 0.2) is 24.3 Å². The van der Waals surface area contributed by atoms with E-state index < -0.39 is 17.7 Å². The van der Waals surface area contributed by atoms with Gasteiger partial charge in [-0.15, -0.1) is 5.06 Å². The minimum Gasteiger partial charge on any atom is -0.325 e. The smallest absolute Gasteiger partial charge is 0.325 e. The summed E-state index contributed by atoms with van der Waals surface area (Å²) in [5.41, 5.74) is 0.0487. The van der Waals surface area contributed by atoms with Crippen molar-refractivity contribution < 1.29 is 23.6 Å². The van der Waals surface area contributed by atoms with Crippen LogP contribution in [-0.2, 0) is 14.4 Å². The maximum absolute atomic E-state index is 12.6. The van der Waals surface area contributed by atoms with Gasteiger partial charge in [0.1, 0.15) is 5.82 Å². The molecule has 0 aliphatic heterocycles. The second kappa shape index (κ2) is 6.48. The van der Waals surface area contributed by atoms with Gasteiger partial charge in [-0.25, -0.2) is 9.18 Å². The van der Waals surface area contributed by atoms with E-state index in [1.807, 2.05) is 0 Å². The SMILES string of the molecule is CCCC(=O)N(C=O)OC(=O)c1ccc(F)cc1. The molecule has 1 aromatic carbocycles. The number of carbonyl (C=O) groups is 3. The maximum atomic E-state index is 12.6. The molecule has 6 heteroatoms. The summed E-state index contributed by atoms with van der Waals surface area (Å²) < 4.78 is 12.6. The lowest BCUT2D eigenvalue weighted by molar-refractivity contribution is -0.171. The third kappa shape index (κ3) is 3.65. The van der Waals surface area contributed by atoms with Crippen LogP contribution in [0.1, 0.15) is 30.1 Å². The van der Waals surface area contributed by atoms with Gasteiger partial charge in [-0.05, 0) is 30.7 Å². The number of amides is 2. The van der Waals surface area contributed by atoms with Gasteiger partial charge < -0.3 is 4.84 Å². The average Bonchev–Trinajstić information content (AvgIpc) is 2.36. The Kier molecular flexibility index (Phi) is 4.98. The van der Waals surface area contributed by atoms with Gasteiger partial charge in [-0.3, -0.25) is 9.59 Å². The second-order valence-electron chi connectivity index (χ2n) is 3.46. The molecule has 2 amide bonds. The van der Waals surface area contributed by atoms with Gasteiger partial charge in [0.25, 0.3) is 12.3 Å². The van der Waals surface area contributed by atoms with Gasteiger partial charge >= 0.3 is 5.97 Å². The normalized spacial score (nSPS) is 9.67. The quantitative estimate of drug-likeness (QED) is 0.605. The van der Waals surface area contributed by atoms with E-state index >= 15 is 0 Å². The topological polar surface area (TPSA) is 63.7 Å². The van der Waals surface area contributed by atoms with E-state index in [4.69, 9.17) is 0 Å². The fourth-order valence-electron chi connectivity index (χ4n) is 1.18. The van der Waals surface area contributed by atoms with Crippen molar-refractivity contribution in [3.05, 3.63) is 35.6 Å². The minimum atomic E-state index is -0.897. The Bertz CT molecular complexity index is 444. The fourth-order valence-corrected chi connectivity index (χ4v) is 1.18. The van der Waals surface area contributed by atoms with Gasteiger partial charge in [0, 0.05) is 6.42 Å². The molecule has 0 saturated heterocycles. The third-order valence-corrected chi connectivity index (χ3v) is 2.07. The van der Waals surface area contributed by atoms with Gasteiger partial charge in [-0.2, -0.15) is 0 Å². The highest BCUT2D eigenvalue weighted by atomic mass is 19.1. The molecular weight excluding hydrogens is 241 g/mol. The summed E-state index contributed by atoms with van der Waals surface area (Å²) in [5.74, 6) is -2.00. The average molecular weight is 253 g/mol. The first-order valence-corrected chi connectivity index (χ1v) is 5.33. The van der Waals surface area contributed by atoms with Gasteiger partial charge in [0.2, 0.25) is 0 Å². The van der Waals surface area contributed by atoms with Crippen LogP contribution in [0.4, 0.5) is 4.39 Å². The molecule has 5 nitrogen and oxygen atoms in total. The van der Waals surface area contributed by atoms with Crippen LogP contribution in [0, 0.1) is 5.82 Å². The lowest BCUT2D eigenvalue weighted by Gasteiger charge is -2.13. The number of hydrogen-bond donors (Lipinski definition) is 0. The summed E-state index contributed by atoms with van der Waals surface area (Å²) in [5, 5.41) is 0.342. The van der Waals surface area contributed by atoms with Crippen molar-refractivity contribution in [1.29, 1.82) is 0 Å². The molecule has 0 aliphatic rings. The Hall–Kier alpha value is -2.24. The molecule has 1 rings (SSSR count). The van der Waals surface area contributed by atoms with Gasteiger partial charge in [-0.1, -0.05) is 6.92 Å². The molecule has 0 radical (unpaired) electrons. The molecule has 0 N–H and O–H groups in total. The van der Waals surface area contributed by atoms with Crippen LogP contribution in [0.5, 0.6) is 0 Å². The number of imide groups is 1. The highest BCUT2D eigenvalue weighted by Crippen LogP contribution is 2.06. The Morgan fingerprint density at radius 1 is 1.33 bits per heavy atom. The first-order valence-electron chi connectivity index (χ1n) is 5.33. The van der Waals surface area contributed by atoms with Gasteiger partial charge in [0.15, 0.2) is 0 Å². The molecular formula is C12H12FNO4. The van der Waals surface area contributed by atoms with Crippen LogP contribution in [0.25, 0.3) is 0 Å². The van der Waals surface area contributed by atoms with Crippen molar-refractivity contribution in [1.82, 2.24) is 5.06 Å². The Morgan fingerprint density at radius 2 is 1.94 bits per heavy atom.